The average Bonchev–Trinajstić information content (AvgIpc) is 4.28. The number of aryl methyl sites for hydroxylation is 4. The molecule has 0 fully saturated rings. The Bertz CT molecular complexity index is 3280. The van der Waals surface area contributed by atoms with Gasteiger partial charge < -0.3 is 0 Å². The van der Waals surface area contributed by atoms with Gasteiger partial charge in [-0.15, -0.1) is 45.3 Å². The third-order valence-corrected chi connectivity index (χ3v) is 22.2. The van der Waals surface area contributed by atoms with Gasteiger partial charge in [0.1, 0.15) is 0 Å². The Balaban J connectivity index is 1.17. The molecule has 9 aromatic rings. The van der Waals surface area contributed by atoms with E-state index in [1.807, 2.05) is 34.0 Å². The molecule has 0 spiro atoms. The number of fused-ring (bicyclic) bond motifs is 10. The largest absolute Gasteiger partial charge is 0.297 e. The van der Waals surface area contributed by atoms with E-state index in [2.05, 4.69) is 165 Å². The molecular formula is C69H73BrOS4. The van der Waals surface area contributed by atoms with Crippen molar-refractivity contribution in [3.8, 4) is 20.9 Å². The van der Waals surface area contributed by atoms with Crippen molar-refractivity contribution in [2.45, 2.75) is 167 Å². The maximum absolute atomic E-state index is 12.7. The third-order valence-electron chi connectivity index (χ3n) is 16.9. The second kappa shape index (κ2) is 23.3. The molecule has 11 rings (SSSR count). The van der Waals surface area contributed by atoms with Crippen molar-refractivity contribution < 1.29 is 4.79 Å². The lowest BCUT2D eigenvalue weighted by molar-refractivity contribution is 0.112. The normalized spacial score (nSPS) is 13.9. The highest BCUT2D eigenvalue weighted by Gasteiger charge is 2.54. The van der Waals surface area contributed by atoms with Crippen LogP contribution in [0.1, 0.15) is 207 Å². The van der Waals surface area contributed by atoms with E-state index in [1.54, 1.807) is 11.3 Å². The van der Waals surface area contributed by atoms with Crippen LogP contribution >= 0.6 is 61.3 Å². The topological polar surface area (TPSA) is 17.1 Å². The quantitative estimate of drug-likeness (QED) is 0.0412. The molecule has 75 heavy (non-hydrogen) atoms. The molecule has 2 aliphatic rings. The molecule has 2 aliphatic carbocycles. The number of rotatable bonds is 25. The molecule has 0 unspecified atom stereocenters. The molecule has 0 aliphatic heterocycles. The van der Waals surface area contributed by atoms with Gasteiger partial charge in [-0.3, -0.25) is 4.79 Å². The molecule has 0 saturated carbocycles. The average molecular weight is 1130 g/mol. The summed E-state index contributed by atoms with van der Waals surface area (Å²) >= 11 is 11.5. The van der Waals surface area contributed by atoms with Crippen LogP contribution in [0.3, 0.4) is 0 Å². The van der Waals surface area contributed by atoms with Crippen molar-refractivity contribution in [3.63, 3.8) is 0 Å². The predicted octanol–water partition coefficient (Wildman–Crippen LogP) is 22.0. The second-order valence-corrected chi connectivity index (χ2v) is 27.4. The first-order valence-electron chi connectivity index (χ1n) is 28.7. The molecule has 4 heterocycles. The van der Waals surface area contributed by atoms with E-state index in [1.165, 1.54) is 213 Å². The first-order valence-corrected chi connectivity index (χ1v) is 32.7. The van der Waals surface area contributed by atoms with Gasteiger partial charge >= 0.3 is 0 Å². The fourth-order valence-electron chi connectivity index (χ4n) is 13.0. The minimum atomic E-state index is -0.605. The van der Waals surface area contributed by atoms with E-state index in [9.17, 15) is 4.79 Å². The number of carbonyl (C=O) groups excluding carboxylic acids is 1. The number of hydrogen-bond acceptors (Lipinski definition) is 5. The van der Waals surface area contributed by atoms with Gasteiger partial charge in [-0.05, 0) is 158 Å². The van der Waals surface area contributed by atoms with Crippen LogP contribution in [0, 0.1) is 0 Å². The number of halogens is 1. The summed E-state index contributed by atoms with van der Waals surface area (Å²) in [5.74, 6) is 0. The molecular weight excluding hydrogens is 1050 g/mol. The molecule has 0 saturated heterocycles. The van der Waals surface area contributed by atoms with Crippen LogP contribution in [0.4, 0.5) is 0 Å². The SMILES string of the molecule is CCCCCCc1ccc(C2(c3ccc(CCCCCC)cc3)c3cc4c(cc3-c3sc5cc(Br)sc5c32)C(c2ccc(CCCCCC)cc2)(c2ccc(CCCCCC)cc2)c2c-4sc3cc(C=O)sc23)cc1. The Hall–Kier alpha value is -4.43. The van der Waals surface area contributed by atoms with E-state index in [0.29, 0.717) is 0 Å². The lowest BCUT2D eigenvalue weighted by atomic mass is 9.65. The van der Waals surface area contributed by atoms with E-state index in [4.69, 9.17) is 0 Å². The van der Waals surface area contributed by atoms with Crippen LogP contribution in [0.25, 0.3) is 39.7 Å². The minimum Gasteiger partial charge on any atom is -0.297 e. The summed E-state index contributed by atoms with van der Waals surface area (Å²) in [6.45, 7) is 9.20. The van der Waals surface area contributed by atoms with E-state index >= 15 is 0 Å². The number of thiophene rings is 4. The molecule has 0 atom stereocenters. The number of unbranched alkanes of at least 4 members (excludes halogenated alkanes) is 12. The Morgan fingerprint density at radius 3 is 1.07 bits per heavy atom. The minimum absolute atomic E-state index is 0.548. The van der Waals surface area contributed by atoms with Gasteiger partial charge in [0.05, 0.1) is 28.9 Å². The smallest absolute Gasteiger partial charge is 0.160 e. The Morgan fingerprint density at radius 2 is 0.733 bits per heavy atom. The first kappa shape index (κ1) is 52.6. The molecule has 4 aromatic heterocycles. The van der Waals surface area contributed by atoms with Gasteiger partial charge in [0.15, 0.2) is 6.29 Å². The van der Waals surface area contributed by atoms with E-state index < -0.39 is 10.8 Å². The van der Waals surface area contributed by atoms with Crippen LogP contribution < -0.4 is 0 Å². The number of hydrogen-bond donors (Lipinski definition) is 0. The van der Waals surface area contributed by atoms with Crippen LogP contribution in [-0.4, -0.2) is 6.29 Å². The van der Waals surface area contributed by atoms with Crippen molar-refractivity contribution in [1.82, 2.24) is 0 Å². The van der Waals surface area contributed by atoms with Crippen molar-refractivity contribution >= 4 is 86.4 Å². The second-order valence-electron chi connectivity index (χ2n) is 21.8. The molecule has 0 amide bonds. The van der Waals surface area contributed by atoms with Gasteiger partial charge in [-0.2, -0.15) is 0 Å². The van der Waals surface area contributed by atoms with Gasteiger partial charge in [0.2, 0.25) is 0 Å². The molecule has 1 nitrogen and oxygen atoms in total. The van der Waals surface area contributed by atoms with Crippen molar-refractivity contribution in [2.75, 3.05) is 0 Å². The maximum atomic E-state index is 12.7. The first-order chi connectivity index (χ1) is 36.9. The van der Waals surface area contributed by atoms with Gasteiger partial charge in [0, 0.05) is 30.3 Å². The van der Waals surface area contributed by atoms with Crippen LogP contribution in [-0.2, 0) is 36.5 Å². The molecule has 0 N–H and O–H groups in total. The fourth-order valence-corrected chi connectivity index (χ4v) is 19.0. The van der Waals surface area contributed by atoms with Crippen molar-refractivity contribution in [1.29, 1.82) is 0 Å². The van der Waals surface area contributed by atoms with Gasteiger partial charge in [-0.25, -0.2) is 0 Å². The highest BCUT2D eigenvalue weighted by molar-refractivity contribution is 9.11. The fraction of sp³-hybridized carbons (Fsp3) is 0.377. The Morgan fingerprint density at radius 1 is 0.400 bits per heavy atom. The summed E-state index contributed by atoms with van der Waals surface area (Å²) in [5, 5.41) is 0. The molecule has 5 aromatic carbocycles. The van der Waals surface area contributed by atoms with Crippen LogP contribution in [0.2, 0.25) is 0 Å². The number of benzene rings is 5. The highest BCUT2D eigenvalue weighted by Crippen LogP contribution is 2.68. The maximum Gasteiger partial charge on any atom is 0.160 e. The number of aldehydes is 1. The summed E-state index contributed by atoms with van der Waals surface area (Å²) in [5.41, 5.74) is 18.1. The molecule has 6 heteroatoms. The Labute approximate surface area is 472 Å². The zero-order valence-electron chi connectivity index (χ0n) is 44.7. The van der Waals surface area contributed by atoms with Crippen molar-refractivity contribution in [3.05, 3.63) is 197 Å². The summed E-state index contributed by atoms with van der Waals surface area (Å²) in [6.07, 6.45) is 25.6. The summed E-state index contributed by atoms with van der Waals surface area (Å²) in [6, 6.07) is 49.3. The lowest BCUT2D eigenvalue weighted by Gasteiger charge is -2.36. The third kappa shape index (κ3) is 9.63. The van der Waals surface area contributed by atoms with Crippen molar-refractivity contribution in [2.24, 2.45) is 0 Å². The van der Waals surface area contributed by atoms with E-state index in [-0.39, 0.29) is 0 Å². The number of carbonyl (C=O) groups is 1. The zero-order chi connectivity index (χ0) is 51.5. The highest BCUT2D eigenvalue weighted by atomic mass is 79.9. The lowest BCUT2D eigenvalue weighted by Crippen LogP contribution is -2.30. The zero-order valence-corrected chi connectivity index (χ0v) is 49.5. The standard InChI is InChI=1S/C69H73BrOS4/c1-5-9-13-17-21-46-25-33-50(34-26-46)68(51-35-27-47(28-36-51)22-18-14-10-6-2)57-43-56-58(42-55(57)64-62(68)66-59(73-64)41-54(45-71)72-66)69(63-65(56)74-60-44-61(70)75-67(60)63,52-37-29-48(30-38-52)23-19-15-11-7-3)53-39-31-49(32-40-53)24-20-16-12-8-4/h25-45H,5-24H2,1-4H3. The van der Waals surface area contributed by atoms with Gasteiger partial charge in [-0.1, -0.05) is 202 Å². The Kier molecular flexibility index (Phi) is 16.3. The molecule has 0 radical (unpaired) electrons. The summed E-state index contributed by atoms with van der Waals surface area (Å²) in [4.78, 5) is 16.2. The van der Waals surface area contributed by atoms with Crippen LogP contribution in [0.15, 0.2) is 125 Å². The van der Waals surface area contributed by atoms with E-state index in [0.717, 1.165) is 36.8 Å². The predicted molar refractivity (Wildman–Crippen MR) is 332 cm³/mol. The van der Waals surface area contributed by atoms with Crippen LogP contribution in [0.5, 0.6) is 0 Å². The summed E-state index contributed by atoms with van der Waals surface area (Å²) in [7, 11) is 0. The molecule has 386 valence electrons. The van der Waals surface area contributed by atoms with Gasteiger partial charge in [0.25, 0.3) is 0 Å². The monoisotopic (exact) mass is 1120 g/mol. The summed E-state index contributed by atoms with van der Waals surface area (Å²) < 4.78 is 6.38. The molecule has 0 bridgehead atoms.